The van der Waals surface area contributed by atoms with Gasteiger partial charge in [-0.2, -0.15) is 31.3 Å². The molecule has 1 aromatic heterocycles. The first-order valence-electron chi connectivity index (χ1n) is 11.3. The summed E-state index contributed by atoms with van der Waals surface area (Å²) >= 11 is 0. The molecule has 3 heterocycles. The summed E-state index contributed by atoms with van der Waals surface area (Å²) in [6.45, 7) is 0.620. The molecule has 8 nitrogen and oxygen atoms in total. The number of anilines is 1. The third-order valence-electron chi connectivity index (χ3n) is 5.59. The number of alkyl halides is 6. The van der Waals surface area contributed by atoms with Gasteiger partial charge in [0.2, 0.25) is 11.8 Å². The van der Waals surface area contributed by atoms with Gasteiger partial charge in [0.25, 0.3) is 0 Å². The summed E-state index contributed by atoms with van der Waals surface area (Å²) in [6, 6.07) is 0. The summed E-state index contributed by atoms with van der Waals surface area (Å²) in [7, 11) is 0. The lowest BCUT2D eigenvalue weighted by atomic mass is 9.96. The van der Waals surface area contributed by atoms with E-state index in [2.05, 4.69) is 9.97 Å². The van der Waals surface area contributed by atoms with E-state index in [1.54, 1.807) is 0 Å². The van der Waals surface area contributed by atoms with Crippen LogP contribution in [-0.2, 0) is 10.9 Å². The first-order chi connectivity index (χ1) is 16.4. The standard InChI is InChI=1S/C8H8F3N3O2.C7H10F3N3.C6H12/c9-8(10,11)5-1-13-7(12)14-6(5)16-4-2-15-3-4;8-7(9,10)5-1-2-13(4-11)6(12)3-5;1-2-4-6-5-3-1/h1,4H,2-3H2,(H2,12,13,14);4-5,11-12H,1-3H2;1-6H2. The second-order valence-electron chi connectivity index (χ2n) is 8.34. The maximum absolute atomic E-state index is 12.5. The van der Waals surface area contributed by atoms with Gasteiger partial charge in [-0.1, -0.05) is 38.5 Å². The number of halogens is 6. The molecule has 1 saturated carbocycles. The lowest BCUT2D eigenvalue weighted by Gasteiger charge is -2.31. The number of likely N-dealkylation sites (tertiary alicyclic amines) is 1. The van der Waals surface area contributed by atoms with Crippen LogP contribution < -0.4 is 10.5 Å². The number of nitrogen functional groups attached to an aromatic ring is 1. The van der Waals surface area contributed by atoms with Crippen molar-refractivity contribution < 1.29 is 35.8 Å². The van der Waals surface area contributed by atoms with E-state index in [0.717, 1.165) is 6.34 Å². The minimum absolute atomic E-state index is 0.0265. The van der Waals surface area contributed by atoms with Crippen molar-refractivity contribution in [2.75, 3.05) is 25.5 Å². The van der Waals surface area contributed by atoms with Gasteiger partial charge in [0.15, 0.2) is 0 Å². The fourth-order valence-corrected chi connectivity index (χ4v) is 3.47. The molecule has 3 aliphatic rings. The zero-order chi connectivity index (χ0) is 26.1. The van der Waals surface area contributed by atoms with Gasteiger partial charge in [0.05, 0.1) is 25.5 Å². The number of rotatable bonds is 3. The van der Waals surface area contributed by atoms with Crippen molar-refractivity contribution in [3.05, 3.63) is 11.8 Å². The fraction of sp³-hybridized carbons (Fsp3) is 0.714. The van der Waals surface area contributed by atoms with Crippen molar-refractivity contribution in [2.24, 2.45) is 5.92 Å². The Bertz CT molecular complexity index is 816. The molecule has 35 heavy (non-hydrogen) atoms. The quantitative estimate of drug-likeness (QED) is 0.296. The molecule has 0 bridgehead atoms. The zero-order valence-electron chi connectivity index (χ0n) is 19.1. The van der Waals surface area contributed by atoms with E-state index in [1.165, 1.54) is 43.4 Å². The number of nitrogens with zero attached hydrogens (tertiary/aromatic N) is 3. The molecule has 0 spiro atoms. The van der Waals surface area contributed by atoms with Crippen LogP contribution in [0.4, 0.5) is 32.3 Å². The molecule has 0 amide bonds. The summed E-state index contributed by atoms with van der Waals surface area (Å²) in [5.41, 5.74) is 4.17. The van der Waals surface area contributed by atoms with Crippen molar-refractivity contribution in [3.63, 3.8) is 0 Å². The Morgan fingerprint density at radius 3 is 2.03 bits per heavy atom. The molecular formula is C21H30F6N6O2. The van der Waals surface area contributed by atoms with Crippen LogP contribution in [0, 0.1) is 16.7 Å². The topological polar surface area (TPSA) is 121 Å². The highest BCUT2D eigenvalue weighted by Gasteiger charge is 2.42. The predicted octanol–water partition coefficient (Wildman–Crippen LogP) is 5.04. The largest absolute Gasteiger partial charge is 0.469 e. The molecule has 3 fully saturated rings. The van der Waals surface area contributed by atoms with Crippen molar-refractivity contribution in [2.45, 2.75) is 69.8 Å². The summed E-state index contributed by atoms with van der Waals surface area (Å²) in [5, 5.41) is 14.1. The molecular weight excluding hydrogens is 482 g/mol. The van der Waals surface area contributed by atoms with Crippen molar-refractivity contribution in [1.82, 2.24) is 14.9 Å². The van der Waals surface area contributed by atoms with Gasteiger partial charge in [-0.25, -0.2) is 4.98 Å². The average molecular weight is 512 g/mol. The molecule has 0 radical (unpaired) electrons. The molecule has 1 aromatic rings. The van der Waals surface area contributed by atoms with E-state index in [4.69, 9.17) is 26.0 Å². The number of hydrogen-bond donors (Lipinski definition) is 3. The van der Waals surface area contributed by atoms with Gasteiger partial charge < -0.3 is 20.1 Å². The Kier molecular flexibility index (Phi) is 10.5. The average Bonchev–Trinajstić information content (AvgIpc) is 2.77. The van der Waals surface area contributed by atoms with Crippen molar-refractivity contribution in [3.8, 4) is 5.88 Å². The third kappa shape index (κ3) is 9.49. The van der Waals surface area contributed by atoms with E-state index in [-0.39, 0.29) is 44.4 Å². The third-order valence-corrected chi connectivity index (χ3v) is 5.59. The Hall–Kier alpha value is -2.64. The van der Waals surface area contributed by atoms with Crippen LogP contribution in [-0.4, -0.2) is 59.1 Å². The van der Waals surface area contributed by atoms with Gasteiger partial charge in [-0.05, 0) is 6.42 Å². The second-order valence-corrected chi connectivity index (χ2v) is 8.34. The molecule has 1 atom stereocenters. The maximum Gasteiger partial charge on any atom is 0.423 e. The molecule has 2 aliphatic heterocycles. The first kappa shape index (κ1) is 28.6. The van der Waals surface area contributed by atoms with Crippen molar-refractivity contribution >= 4 is 18.1 Å². The SMILES string of the molecule is C1CCCCC1.N=CN1CCC(C(F)(F)F)CC1=N.Nc1ncc(C(F)(F)F)c(OC2COC2)n1. The molecule has 4 N–H and O–H groups in total. The van der Waals surface area contributed by atoms with Gasteiger partial charge in [-0.15, -0.1) is 0 Å². The van der Waals surface area contributed by atoms with Gasteiger partial charge in [0.1, 0.15) is 17.5 Å². The Labute approximate surface area is 199 Å². The lowest BCUT2D eigenvalue weighted by Crippen LogP contribution is -2.41. The van der Waals surface area contributed by atoms with E-state index >= 15 is 0 Å². The number of ether oxygens (including phenoxy) is 2. The summed E-state index contributed by atoms with van der Waals surface area (Å²) in [6.07, 6.45) is 0.996. The van der Waals surface area contributed by atoms with Gasteiger partial charge in [0, 0.05) is 19.2 Å². The number of piperidine rings is 1. The number of hydrogen-bond acceptors (Lipinski definition) is 7. The minimum Gasteiger partial charge on any atom is -0.469 e. The smallest absolute Gasteiger partial charge is 0.423 e. The summed E-state index contributed by atoms with van der Waals surface area (Å²) in [5.74, 6) is -2.34. The minimum atomic E-state index is -4.56. The number of nitrogens with two attached hydrogens (primary N) is 1. The van der Waals surface area contributed by atoms with Gasteiger partial charge in [-0.3, -0.25) is 10.8 Å². The summed E-state index contributed by atoms with van der Waals surface area (Å²) < 4.78 is 83.9. The van der Waals surface area contributed by atoms with Crippen LogP contribution >= 0.6 is 0 Å². The van der Waals surface area contributed by atoms with Crippen molar-refractivity contribution in [1.29, 1.82) is 10.8 Å². The van der Waals surface area contributed by atoms with Crippen LogP contribution in [0.5, 0.6) is 5.88 Å². The van der Waals surface area contributed by atoms with Crippen LogP contribution in [0.2, 0.25) is 0 Å². The maximum atomic E-state index is 12.5. The monoisotopic (exact) mass is 512 g/mol. The fourth-order valence-electron chi connectivity index (χ4n) is 3.47. The normalized spacial score (nSPS) is 21.0. The first-order valence-corrected chi connectivity index (χ1v) is 11.3. The Morgan fingerprint density at radius 1 is 1.06 bits per heavy atom. The van der Waals surface area contributed by atoms with E-state index in [1.807, 2.05) is 0 Å². The van der Waals surface area contributed by atoms with Crippen LogP contribution in [0.15, 0.2) is 6.20 Å². The highest BCUT2D eigenvalue weighted by molar-refractivity contribution is 5.89. The van der Waals surface area contributed by atoms with Crippen LogP contribution in [0.1, 0.15) is 56.9 Å². The van der Waals surface area contributed by atoms with Crippen LogP contribution in [0.25, 0.3) is 0 Å². The predicted molar refractivity (Wildman–Crippen MR) is 116 cm³/mol. The second kappa shape index (κ2) is 12.9. The number of amidine groups is 1. The van der Waals surface area contributed by atoms with E-state index < -0.39 is 35.8 Å². The molecule has 198 valence electrons. The molecule has 1 aliphatic carbocycles. The van der Waals surface area contributed by atoms with E-state index in [9.17, 15) is 26.3 Å². The number of nitrogens with one attached hydrogen (secondary N) is 2. The molecule has 1 unspecified atom stereocenters. The Morgan fingerprint density at radius 2 is 1.63 bits per heavy atom. The molecule has 14 heteroatoms. The van der Waals surface area contributed by atoms with E-state index in [0.29, 0.717) is 6.20 Å². The summed E-state index contributed by atoms with van der Waals surface area (Å²) in [4.78, 5) is 7.95. The highest BCUT2D eigenvalue weighted by Crippen LogP contribution is 2.36. The Balaban J connectivity index is 0.000000203. The molecule has 4 rings (SSSR count). The zero-order valence-corrected chi connectivity index (χ0v) is 19.1. The van der Waals surface area contributed by atoms with Crippen LogP contribution in [0.3, 0.4) is 0 Å². The lowest BCUT2D eigenvalue weighted by molar-refractivity contribution is -0.176. The number of aromatic nitrogens is 2. The molecule has 0 aromatic carbocycles. The molecule has 2 saturated heterocycles. The highest BCUT2D eigenvalue weighted by atomic mass is 19.4. The van der Waals surface area contributed by atoms with Gasteiger partial charge >= 0.3 is 12.4 Å².